The van der Waals surface area contributed by atoms with E-state index in [1.807, 2.05) is 6.07 Å². The van der Waals surface area contributed by atoms with Crippen LogP contribution in [0.1, 0.15) is 53.7 Å². The van der Waals surface area contributed by atoms with Crippen LogP contribution in [-0.2, 0) is 6.42 Å². The van der Waals surface area contributed by atoms with Gasteiger partial charge >= 0.3 is 0 Å². The molecular weight excluding hydrogens is 340 g/mol. The molecule has 1 aliphatic heterocycles. The Morgan fingerprint density at radius 2 is 2.22 bits per heavy atom. The Morgan fingerprint density at radius 3 is 2.89 bits per heavy atom. The summed E-state index contributed by atoms with van der Waals surface area (Å²) in [7, 11) is 0. The molecule has 3 N–H and O–H groups in total. The monoisotopic (exact) mass is 366 g/mol. The van der Waals surface area contributed by atoms with Crippen LogP contribution in [0, 0.1) is 0 Å². The summed E-state index contributed by atoms with van der Waals surface area (Å²) in [6.07, 6.45) is 6.64. The van der Waals surface area contributed by atoms with E-state index in [1.54, 1.807) is 12.1 Å². The first-order chi connectivity index (χ1) is 13.2. The summed E-state index contributed by atoms with van der Waals surface area (Å²) in [5.74, 6) is 0.741. The molecular formula is C21H26N4O2. The molecule has 1 aromatic heterocycles. The zero-order valence-corrected chi connectivity index (χ0v) is 15.6. The molecule has 0 radical (unpaired) electrons. The van der Waals surface area contributed by atoms with Crippen LogP contribution in [0.2, 0.25) is 0 Å². The van der Waals surface area contributed by atoms with E-state index in [0.29, 0.717) is 23.7 Å². The number of carbonyl (C=O) groups is 1. The third kappa shape index (κ3) is 3.68. The Kier molecular flexibility index (Phi) is 5.09. The smallest absolute Gasteiger partial charge is 0.250 e. The third-order valence-electron chi connectivity index (χ3n) is 5.60. The predicted molar refractivity (Wildman–Crippen MR) is 104 cm³/mol. The van der Waals surface area contributed by atoms with Crippen LogP contribution in [-0.4, -0.2) is 35.0 Å². The normalized spacial score (nSPS) is 21.4. The molecule has 1 amide bonds. The van der Waals surface area contributed by atoms with Crippen molar-refractivity contribution in [2.75, 3.05) is 13.1 Å². The number of primary amides is 1. The van der Waals surface area contributed by atoms with Gasteiger partial charge in [0.25, 0.3) is 0 Å². The number of aryl methyl sites for hydroxylation is 1. The average molecular weight is 366 g/mol. The molecule has 1 saturated heterocycles. The first-order valence-corrected chi connectivity index (χ1v) is 9.71. The number of fused-ring (bicyclic) bond motifs is 1. The van der Waals surface area contributed by atoms with Crippen LogP contribution in [0.15, 0.2) is 36.5 Å². The number of nitrogens with one attached hydrogen (secondary N) is 1. The number of pyridine rings is 1. The minimum atomic E-state index is -0.491. The van der Waals surface area contributed by atoms with E-state index < -0.39 is 5.91 Å². The lowest BCUT2D eigenvalue weighted by Gasteiger charge is -2.34. The minimum absolute atomic E-state index is 0.374. The lowest BCUT2D eigenvalue weighted by atomic mass is 10.1. The van der Waals surface area contributed by atoms with Gasteiger partial charge in [0.05, 0.1) is 11.7 Å². The van der Waals surface area contributed by atoms with Gasteiger partial charge in [-0.1, -0.05) is 13.0 Å². The van der Waals surface area contributed by atoms with Crippen molar-refractivity contribution in [3.8, 4) is 11.6 Å². The molecule has 0 spiro atoms. The van der Waals surface area contributed by atoms with Gasteiger partial charge in [-0.25, -0.2) is 4.98 Å². The quantitative estimate of drug-likeness (QED) is 0.821. The number of aromatic nitrogens is 1. The third-order valence-corrected chi connectivity index (χ3v) is 5.60. The molecule has 4 rings (SSSR count). The molecule has 1 aliphatic carbocycles. The maximum absolute atomic E-state index is 11.1. The van der Waals surface area contributed by atoms with Crippen LogP contribution in [0.3, 0.4) is 0 Å². The van der Waals surface area contributed by atoms with Crippen molar-refractivity contribution in [1.29, 1.82) is 0 Å². The van der Waals surface area contributed by atoms with E-state index in [2.05, 4.69) is 34.3 Å². The number of rotatable bonds is 6. The Bertz CT molecular complexity index is 815. The molecule has 1 fully saturated rings. The van der Waals surface area contributed by atoms with Crippen molar-refractivity contribution in [3.63, 3.8) is 0 Å². The largest absolute Gasteiger partial charge is 0.439 e. The molecule has 0 bridgehead atoms. The van der Waals surface area contributed by atoms with Crippen LogP contribution in [0.25, 0.3) is 0 Å². The Morgan fingerprint density at radius 1 is 1.33 bits per heavy atom. The van der Waals surface area contributed by atoms with Gasteiger partial charge in [-0.05, 0) is 68.1 Å². The zero-order chi connectivity index (χ0) is 18.8. The SMILES string of the molecule is CCN(C1CCCN1)C1CCc2cc(Oc3ccc(C(N)=O)cn3)ccc21. The zero-order valence-electron chi connectivity index (χ0n) is 15.6. The Balaban J connectivity index is 1.50. The number of hydrogen-bond donors (Lipinski definition) is 2. The maximum atomic E-state index is 11.1. The van der Waals surface area contributed by atoms with Crippen molar-refractivity contribution < 1.29 is 9.53 Å². The van der Waals surface area contributed by atoms with Gasteiger partial charge in [-0.3, -0.25) is 9.69 Å². The summed E-state index contributed by atoms with van der Waals surface area (Å²) < 4.78 is 5.87. The molecule has 6 heteroatoms. The molecule has 27 heavy (non-hydrogen) atoms. The molecule has 1 aromatic carbocycles. The predicted octanol–water partition coefficient (Wildman–Crippen LogP) is 2.99. The van der Waals surface area contributed by atoms with E-state index in [-0.39, 0.29) is 0 Å². The van der Waals surface area contributed by atoms with Crippen molar-refractivity contribution in [1.82, 2.24) is 15.2 Å². The fourth-order valence-corrected chi connectivity index (χ4v) is 4.29. The van der Waals surface area contributed by atoms with Crippen LogP contribution in [0.5, 0.6) is 11.6 Å². The fraction of sp³-hybridized carbons (Fsp3) is 0.429. The van der Waals surface area contributed by atoms with Crippen LogP contribution < -0.4 is 15.8 Å². The number of nitrogens with zero attached hydrogens (tertiary/aromatic N) is 2. The molecule has 2 atom stereocenters. The van der Waals surface area contributed by atoms with Crippen molar-refractivity contribution in [2.24, 2.45) is 5.73 Å². The minimum Gasteiger partial charge on any atom is -0.439 e. The molecule has 6 nitrogen and oxygen atoms in total. The van der Waals surface area contributed by atoms with Gasteiger partial charge in [0.15, 0.2) is 0 Å². The summed E-state index contributed by atoms with van der Waals surface area (Å²) in [5, 5.41) is 3.63. The molecule has 2 heterocycles. The highest BCUT2D eigenvalue weighted by Crippen LogP contribution is 2.39. The van der Waals surface area contributed by atoms with E-state index in [9.17, 15) is 4.79 Å². The maximum Gasteiger partial charge on any atom is 0.250 e. The van der Waals surface area contributed by atoms with Crippen molar-refractivity contribution in [2.45, 2.75) is 44.8 Å². The van der Waals surface area contributed by atoms with E-state index in [0.717, 1.165) is 31.7 Å². The molecule has 0 saturated carbocycles. The highest BCUT2D eigenvalue weighted by molar-refractivity contribution is 5.92. The number of carbonyl (C=O) groups excluding carboxylic acids is 1. The van der Waals surface area contributed by atoms with Gasteiger partial charge in [-0.2, -0.15) is 0 Å². The molecule has 2 unspecified atom stereocenters. The average Bonchev–Trinajstić information content (AvgIpc) is 3.34. The van der Waals surface area contributed by atoms with E-state index in [4.69, 9.17) is 10.5 Å². The first kappa shape index (κ1) is 17.9. The van der Waals surface area contributed by atoms with Crippen molar-refractivity contribution in [3.05, 3.63) is 53.2 Å². The number of benzene rings is 1. The van der Waals surface area contributed by atoms with E-state index >= 15 is 0 Å². The van der Waals surface area contributed by atoms with Gasteiger partial charge in [0.2, 0.25) is 11.8 Å². The van der Waals surface area contributed by atoms with Crippen molar-refractivity contribution >= 4 is 5.91 Å². The summed E-state index contributed by atoms with van der Waals surface area (Å²) >= 11 is 0. The molecule has 2 aromatic rings. The summed E-state index contributed by atoms with van der Waals surface area (Å²) in [5.41, 5.74) is 8.38. The summed E-state index contributed by atoms with van der Waals surface area (Å²) in [6.45, 7) is 4.42. The van der Waals surface area contributed by atoms with Gasteiger partial charge in [-0.15, -0.1) is 0 Å². The lowest BCUT2D eigenvalue weighted by Crippen LogP contribution is -2.43. The van der Waals surface area contributed by atoms with Gasteiger partial charge in [0.1, 0.15) is 5.75 Å². The molecule has 2 aliphatic rings. The molecule has 142 valence electrons. The highest BCUT2D eigenvalue weighted by atomic mass is 16.5. The summed E-state index contributed by atoms with van der Waals surface area (Å²) in [4.78, 5) is 17.9. The number of hydrogen-bond acceptors (Lipinski definition) is 5. The van der Waals surface area contributed by atoms with Gasteiger partial charge < -0.3 is 15.8 Å². The Labute approximate surface area is 159 Å². The number of nitrogens with two attached hydrogens (primary N) is 1. The van der Waals surface area contributed by atoms with E-state index in [1.165, 1.54) is 30.2 Å². The number of amides is 1. The van der Waals surface area contributed by atoms with Gasteiger partial charge in [0, 0.05) is 18.3 Å². The second-order valence-corrected chi connectivity index (χ2v) is 7.21. The number of ether oxygens (including phenoxy) is 1. The first-order valence-electron chi connectivity index (χ1n) is 9.71. The summed E-state index contributed by atoms with van der Waals surface area (Å²) in [6, 6.07) is 10.1. The lowest BCUT2D eigenvalue weighted by molar-refractivity contribution is 0.1000. The fourth-order valence-electron chi connectivity index (χ4n) is 4.29. The second kappa shape index (κ2) is 7.66. The topological polar surface area (TPSA) is 80.5 Å². The van der Waals surface area contributed by atoms with Crippen LogP contribution in [0.4, 0.5) is 0 Å². The van der Waals surface area contributed by atoms with Crippen LogP contribution >= 0.6 is 0 Å². The highest BCUT2D eigenvalue weighted by Gasteiger charge is 2.32. The second-order valence-electron chi connectivity index (χ2n) is 7.21. The Hall–Kier alpha value is -2.44. The standard InChI is InChI=1S/C21H26N4O2/c1-2-25(19-4-3-11-23-19)18-9-5-14-12-16(7-8-17(14)18)27-20-10-6-15(13-24-20)21(22)26/h6-8,10,12-13,18-19,23H,2-5,9,11H2,1H3,(H2,22,26).